The molecule has 0 saturated heterocycles. The number of benzene rings is 2. The number of amides is 2. The monoisotopic (exact) mass is 434 g/mol. The van der Waals surface area contributed by atoms with Gasteiger partial charge in [-0.1, -0.05) is 48.5 Å². The number of carbonyl (C=O) groups excluding carboxylic acids is 2. The summed E-state index contributed by atoms with van der Waals surface area (Å²) in [6.07, 6.45) is -0.598. The van der Waals surface area contributed by atoms with Crippen molar-refractivity contribution in [3.8, 4) is 11.1 Å². The Hall–Kier alpha value is -4.07. The molecule has 0 spiro atoms. The molecule has 0 bridgehead atoms. The molecule has 1 aromatic heterocycles. The number of nitrogens with zero attached hydrogens (tertiary/aromatic N) is 1. The Morgan fingerprint density at radius 2 is 1.62 bits per heavy atom. The van der Waals surface area contributed by atoms with E-state index in [1.165, 1.54) is 13.1 Å². The lowest BCUT2D eigenvalue weighted by atomic mass is 9.98. The van der Waals surface area contributed by atoms with Crippen molar-refractivity contribution >= 4 is 18.0 Å². The van der Waals surface area contributed by atoms with Gasteiger partial charge in [-0.3, -0.25) is 9.59 Å². The number of hydrogen-bond donors (Lipinski definition) is 2. The first-order valence-electron chi connectivity index (χ1n) is 10.1. The van der Waals surface area contributed by atoms with Gasteiger partial charge in [0.25, 0.3) is 5.91 Å². The van der Waals surface area contributed by atoms with Crippen LogP contribution >= 0.6 is 0 Å². The first-order chi connectivity index (χ1) is 15.4. The van der Waals surface area contributed by atoms with E-state index in [0.29, 0.717) is 5.76 Å². The Labute approximate surface area is 184 Å². The minimum absolute atomic E-state index is 0.00177. The number of hydrogen-bond acceptors (Lipinski definition) is 5. The molecule has 8 nitrogen and oxygen atoms in total. The van der Waals surface area contributed by atoms with Crippen molar-refractivity contribution in [3.63, 3.8) is 0 Å². The zero-order chi connectivity index (χ0) is 22.7. The fourth-order valence-electron chi connectivity index (χ4n) is 3.86. The number of alkyl carbamates (subject to hydrolysis) is 1. The number of carboxylic acid groups (broad SMARTS) is 1. The van der Waals surface area contributed by atoms with Crippen LogP contribution < -0.4 is 5.32 Å². The van der Waals surface area contributed by atoms with E-state index in [9.17, 15) is 14.4 Å². The third-order valence-corrected chi connectivity index (χ3v) is 5.34. The molecule has 4 rings (SSSR count). The number of fused-ring (bicyclic) bond motifs is 3. The van der Waals surface area contributed by atoms with Crippen LogP contribution in [0.25, 0.3) is 11.1 Å². The molecule has 32 heavy (non-hydrogen) atoms. The molecule has 8 heteroatoms. The molecular formula is C24H22N2O6. The predicted octanol–water partition coefficient (Wildman–Crippen LogP) is 3.47. The number of carboxylic acids is 1. The number of likely N-dealkylation sites (N-methyl/N-ethyl adjacent to an activating group) is 1. The van der Waals surface area contributed by atoms with Crippen molar-refractivity contribution < 1.29 is 28.6 Å². The van der Waals surface area contributed by atoms with Gasteiger partial charge in [0.2, 0.25) is 0 Å². The standard InChI is InChI=1S/C24H22N2O6/c1-26(13-22(27)28)23(29)21-11-10-15(32-21)12-25-24(30)31-14-20-18-8-4-2-6-16(18)17-7-3-5-9-19(17)20/h2-11,20H,12-14H2,1H3,(H,25,30)(H,27,28). The summed E-state index contributed by atoms with van der Waals surface area (Å²) in [4.78, 5) is 36.2. The summed E-state index contributed by atoms with van der Waals surface area (Å²) in [6, 6.07) is 19.1. The van der Waals surface area contributed by atoms with Crippen LogP contribution in [0.15, 0.2) is 65.1 Å². The number of nitrogens with one attached hydrogen (secondary N) is 1. The van der Waals surface area contributed by atoms with E-state index in [1.807, 2.05) is 36.4 Å². The summed E-state index contributed by atoms with van der Waals surface area (Å²) in [6.45, 7) is -0.207. The number of rotatable bonds is 7. The maximum atomic E-state index is 12.3. The van der Waals surface area contributed by atoms with Crippen LogP contribution in [0.5, 0.6) is 0 Å². The molecule has 0 radical (unpaired) electrons. The molecule has 2 aromatic carbocycles. The van der Waals surface area contributed by atoms with E-state index in [4.69, 9.17) is 14.3 Å². The third kappa shape index (κ3) is 4.34. The molecular weight excluding hydrogens is 412 g/mol. The van der Waals surface area contributed by atoms with Crippen LogP contribution in [0, 0.1) is 0 Å². The molecule has 1 aliphatic rings. The van der Waals surface area contributed by atoms with Gasteiger partial charge in [0.15, 0.2) is 5.76 Å². The number of aliphatic carboxylic acids is 1. The maximum Gasteiger partial charge on any atom is 0.407 e. The minimum Gasteiger partial charge on any atom is -0.480 e. The van der Waals surface area contributed by atoms with E-state index >= 15 is 0 Å². The summed E-state index contributed by atoms with van der Waals surface area (Å²) in [5.41, 5.74) is 4.55. The molecule has 2 amide bonds. The first-order valence-corrected chi connectivity index (χ1v) is 10.1. The maximum absolute atomic E-state index is 12.3. The average Bonchev–Trinajstić information content (AvgIpc) is 3.38. The molecule has 1 aliphatic carbocycles. The van der Waals surface area contributed by atoms with Gasteiger partial charge >= 0.3 is 12.1 Å². The van der Waals surface area contributed by atoms with Crippen LogP contribution in [0.1, 0.15) is 33.4 Å². The van der Waals surface area contributed by atoms with Crippen LogP contribution in [-0.4, -0.2) is 48.2 Å². The lowest BCUT2D eigenvalue weighted by Gasteiger charge is -2.14. The number of carbonyl (C=O) groups is 3. The van der Waals surface area contributed by atoms with Crippen LogP contribution in [0.2, 0.25) is 0 Å². The van der Waals surface area contributed by atoms with Gasteiger partial charge in [-0.25, -0.2) is 4.79 Å². The van der Waals surface area contributed by atoms with Crippen molar-refractivity contribution in [2.45, 2.75) is 12.5 Å². The molecule has 2 N–H and O–H groups in total. The molecule has 1 heterocycles. The highest BCUT2D eigenvalue weighted by Gasteiger charge is 2.29. The highest BCUT2D eigenvalue weighted by Crippen LogP contribution is 2.44. The zero-order valence-electron chi connectivity index (χ0n) is 17.4. The van der Waals surface area contributed by atoms with Crippen LogP contribution in [0.3, 0.4) is 0 Å². The van der Waals surface area contributed by atoms with E-state index in [-0.39, 0.29) is 24.8 Å². The Kier molecular flexibility index (Phi) is 5.93. The van der Waals surface area contributed by atoms with Crippen molar-refractivity contribution in [2.24, 2.45) is 0 Å². The fourth-order valence-corrected chi connectivity index (χ4v) is 3.86. The Bertz CT molecular complexity index is 1120. The van der Waals surface area contributed by atoms with Gasteiger partial charge in [0, 0.05) is 13.0 Å². The molecule has 0 fully saturated rings. The van der Waals surface area contributed by atoms with E-state index in [2.05, 4.69) is 17.4 Å². The van der Waals surface area contributed by atoms with Gasteiger partial charge in [0.05, 0.1) is 6.54 Å². The third-order valence-electron chi connectivity index (χ3n) is 5.34. The largest absolute Gasteiger partial charge is 0.480 e. The van der Waals surface area contributed by atoms with Crippen molar-refractivity contribution in [3.05, 3.63) is 83.3 Å². The van der Waals surface area contributed by atoms with Gasteiger partial charge in [0.1, 0.15) is 18.9 Å². The van der Waals surface area contributed by atoms with Gasteiger partial charge in [-0.15, -0.1) is 0 Å². The summed E-state index contributed by atoms with van der Waals surface area (Å²) in [7, 11) is 1.37. The molecule has 0 unspecified atom stereocenters. The van der Waals surface area contributed by atoms with Gasteiger partial charge in [-0.2, -0.15) is 0 Å². The SMILES string of the molecule is CN(CC(=O)O)C(=O)c1ccc(CNC(=O)OCC2c3ccccc3-c3ccccc32)o1. The second kappa shape index (κ2) is 8.97. The average molecular weight is 434 g/mol. The lowest BCUT2D eigenvalue weighted by molar-refractivity contribution is -0.137. The second-order valence-electron chi connectivity index (χ2n) is 7.50. The Morgan fingerprint density at radius 3 is 2.25 bits per heavy atom. The highest BCUT2D eigenvalue weighted by molar-refractivity contribution is 5.93. The predicted molar refractivity (Wildman–Crippen MR) is 115 cm³/mol. The van der Waals surface area contributed by atoms with Crippen molar-refractivity contribution in [1.82, 2.24) is 10.2 Å². The molecule has 0 aliphatic heterocycles. The summed E-state index contributed by atoms with van der Waals surface area (Å²) in [5, 5.41) is 11.4. The topological polar surface area (TPSA) is 109 Å². The summed E-state index contributed by atoms with van der Waals surface area (Å²) in [5.74, 6) is -1.36. The molecule has 0 saturated carbocycles. The van der Waals surface area contributed by atoms with Crippen molar-refractivity contribution in [1.29, 1.82) is 0 Å². The van der Waals surface area contributed by atoms with E-state index < -0.39 is 24.5 Å². The number of ether oxygens (including phenoxy) is 1. The van der Waals surface area contributed by atoms with Crippen LogP contribution in [0.4, 0.5) is 4.79 Å². The second-order valence-corrected chi connectivity index (χ2v) is 7.50. The normalized spacial score (nSPS) is 12.0. The Morgan fingerprint density at radius 1 is 1.00 bits per heavy atom. The van der Waals surface area contributed by atoms with E-state index in [0.717, 1.165) is 27.2 Å². The summed E-state index contributed by atoms with van der Waals surface area (Å²) < 4.78 is 10.9. The number of furan rings is 1. The molecule has 3 aromatic rings. The lowest BCUT2D eigenvalue weighted by Crippen LogP contribution is -2.31. The van der Waals surface area contributed by atoms with Crippen molar-refractivity contribution in [2.75, 3.05) is 20.2 Å². The van der Waals surface area contributed by atoms with Crippen LogP contribution in [-0.2, 0) is 16.1 Å². The first kappa shape index (κ1) is 21.2. The quantitative estimate of drug-likeness (QED) is 0.589. The highest BCUT2D eigenvalue weighted by atomic mass is 16.5. The Balaban J connectivity index is 1.33. The summed E-state index contributed by atoms with van der Waals surface area (Å²) >= 11 is 0. The van der Waals surface area contributed by atoms with Gasteiger partial charge in [-0.05, 0) is 34.4 Å². The smallest absolute Gasteiger partial charge is 0.407 e. The molecule has 0 atom stereocenters. The molecule has 164 valence electrons. The fraction of sp³-hybridized carbons (Fsp3) is 0.208. The zero-order valence-corrected chi connectivity index (χ0v) is 17.4. The van der Waals surface area contributed by atoms with E-state index in [1.54, 1.807) is 6.07 Å². The van der Waals surface area contributed by atoms with Gasteiger partial charge < -0.3 is 24.5 Å². The minimum atomic E-state index is -1.12.